The molecule has 1 atom stereocenters. The fourth-order valence-electron chi connectivity index (χ4n) is 8.13. The van der Waals surface area contributed by atoms with E-state index in [2.05, 4.69) is 71.0 Å². The summed E-state index contributed by atoms with van der Waals surface area (Å²) in [5, 5.41) is 0. The van der Waals surface area contributed by atoms with Crippen molar-refractivity contribution >= 4 is 11.6 Å². The molecule has 232 valence electrons. The number of ether oxygens (including phenoxy) is 2. The first-order valence-electron chi connectivity index (χ1n) is 16.3. The Morgan fingerprint density at radius 2 is 1.75 bits per heavy atom. The number of piperazine rings is 1. The van der Waals surface area contributed by atoms with Gasteiger partial charge < -0.3 is 20.1 Å². The van der Waals surface area contributed by atoms with Crippen molar-refractivity contribution < 1.29 is 14.3 Å². The van der Waals surface area contributed by atoms with Crippen LogP contribution in [0, 0.1) is 5.41 Å². The molecule has 3 heterocycles. The van der Waals surface area contributed by atoms with Crippen LogP contribution in [0.2, 0.25) is 0 Å². The normalized spacial score (nSPS) is 22.5. The zero-order valence-electron chi connectivity index (χ0n) is 26.4. The van der Waals surface area contributed by atoms with Gasteiger partial charge in [0, 0.05) is 79.5 Å². The Balaban J connectivity index is 1.05. The third-order valence-electron chi connectivity index (χ3n) is 10.6. The molecule has 0 unspecified atom stereocenters. The largest absolute Gasteiger partial charge is 0.496 e. The average molecular weight is 595 g/mol. The van der Waals surface area contributed by atoms with E-state index < -0.39 is 0 Å². The molecular formula is C37H46N4O3. The second-order valence-electron chi connectivity index (χ2n) is 13.9. The minimum absolute atomic E-state index is 0.371. The molecule has 0 aromatic heterocycles. The summed E-state index contributed by atoms with van der Waals surface area (Å²) in [6, 6.07) is 24.7. The first-order chi connectivity index (χ1) is 21.3. The summed E-state index contributed by atoms with van der Waals surface area (Å²) in [7, 11) is 1.78. The van der Waals surface area contributed by atoms with Gasteiger partial charge in [0.1, 0.15) is 5.75 Å². The summed E-state index contributed by atoms with van der Waals surface area (Å²) >= 11 is 0. The number of benzene rings is 3. The molecule has 3 aromatic rings. The number of anilines is 1. The maximum atomic E-state index is 11.5. The molecule has 7 nitrogen and oxygen atoms in total. The number of hydrogen-bond acceptors (Lipinski definition) is 6. The molecule has 4 fully saturated rings. The van der Waals surface area contributed by atoms with E-state index in [0.29, 0.717) is 34.9 Å². The first-order valence-corrected chi connectivity index (χ1v) is 16.3. The molecule has 1 saturated carbocycles. The molecule has 3 saturated heterocycles. The van der Waals surface area contributed by atoms with Crippen LogP contribution in [0.1, 0.15) is 77.2 Å². The molecule has 4 aliphatic rings. The lowest BCUT2D eigenvalue weighted by molar-refractivity contribution is -0.0647. The van der Waals surface area contributed by atoms with Crippen molar-refractivity contribution in [2.24, 2.45) is 11.1 Å². The van der Waals surface area contributed by atoms with Gasteiger partial charge in [-0.25, -0.2) is 0 Å². The van der Waals surface area contributed by atoms with Gasteiger partial charge in [-0.2, -0.15) is 0 Å². The van der Waals surface area contributed by atoms with E-state index in [-0.39, 0.29) is 5.91 Å². The minimum atomic E-state index is -0.371. The van der Waals surface area contributed by atoms with E-state index in [1.54, 1.807) is 7.11 Å². The van der Waals surface area contributed by atoms with Crippen LogP contribution in [0.4, 0.5) is 5.69 Å². The lowest BCUT2D eigenvalue weighted by atomic mass is 9.59. The number of carbonyl (C=O) groups is 1. The van der Waals surface area contributed by atoms with Gasteiger partial charge in [-0.05, 0) is 65.8 Å². The van der Waals surface area contributed by atoms with E-state index in [1.807, 2.05) is 24.3 Å². The number of nitrogens with zero attached hydrogens (tertiary/aromatic N) is 3. The van der Waals surface area contributed by atoms with Gasteiger partial charge in [-0.1, -0.05) is 50.2 Å². The van der Waals surface area contributed by atoms with Crippen molar-refractivity contribution in [2.45, 2.75) is 57.2 Å². The summed E-state index contributed by atoms with van der Waals surface area (Å²) < 4.78 is 11.3. The molecule has 0 bridgehead atoms. The Morgan fingerprint density at radius 1 is 1.00 bits per heavy atom. The third-order valence-corrected chi connectivity index (χ3v) is 10.6. The Bertz CT molecular complexity index is 1490. The Hall–Kier alpha value is -3.39. The molecule has 44 heavy (non-hydrogen) atoms. The number of amides is 1. The van der Waals surface area contributed by atoms with E-state index >= 15 is 0 Å². The maximum absolute atomic E-state index is 11.5. The van der Waals surface area contributed by atoms with Crippen LogP contribution in [-0.2, 0) is 11.3 Å². The highest BCUT2D eigenvalue weighted by molar-refractivity contribution is 5.93. The van der Waals surface area contributed by atoms with Crippen LogP contribution < -0.4 is 15.4 Å². The second-order valence-corrected chi connectivity index (χ2v) is 13.9. The second kappa shape index (κ2) is 11.8. The molecule has 1 spiro atoms. The molecule has 2 N–H and O–H groups in total. The van der Waals surface area contributed by atoms with Crippen molar-refractivity contribution in [1.29, 1.82) is 0 Å². The quantitative estimate of drug-likeness (QED) is 0.350. The van der Waals surface area contributed by atoms with Crippen LogP contribution in [0.25, 0.3) is 0 Å². The zero-order valence-corrected chi connectivity index (χ0v) is 26.4. The predicted octanol–water partition coefficient (Wildman–Crippen LogP) is 5.56. The van der Waals surface area contributed by atoms with Crippen LogP contribution in [0.15, 0.2) is 66.7 Å². The number of hydrogen-bond donors (Lipinski definition) is 1. The Labute approximate surface area is 261 Å². The smallest absolute Gasteiger partial charge is 0.248 e. The number of primary amides is 1. The first kappa shape index (κ1) is 29.3. The van der Waals surface area contributed by atoms with Crippen molar-refractivity contribution in [1.82, 2.24) is 9.80 Å². The fourth-order valence-corrected chi connectivity index (χ4v) is 8.13. The average Bonchev–Trinajstić information content (AvgIpc) is 2.96. The van der Waals surface area contributed by atoms with E-state index in [1.165, 1.54) is 40.8 Å². The lowest BCUT2D eigenvalue weighted by Gasteiger charge is -2.63. The Kier molecular flexibility index (Phi) is 7.89. The summed E-state index contributed by atoms with van der Waals surface area (Å²) in [4.78, 5) is 19.4. The van der Waals surface area contributed by atoms with E-state index in [4.69, 9.17) is 15.2 Å². The van der Waals surface area contributed by atoms with E-state index in [9.17, 15) is 4.79 Å². The molecule has 0 radical (unpaired) electrons. The van der Waals surface area contributed by atoms with Crippen LogP contribution in [0.5, 0.6) is 5.75 Å². The molecule has 7 rings (SSSR count). The van der Waals surface area contributed by atoms with Crippen LogP contribution in [0.3, 0.4) is 0 Å². The molecule has 1 amide bonds. The van der Waals surface area contributed by atoms with Crippen LogP contribution >= 0.6 is 0 Å². The highest BCUT2D eigenvalue weighted by Crippen LogP contribution is 2.53. The number of carbonyl (C=O) groups excluding carboxylic acids is 1. The van der Waals surface area contributed by atoms with Gasteiger partial charge in [0.15, 0.2) is 0 Å². The molecular weight excluding hydrogens is 548 g/mol. The minimum Gasteiger partial charge on any atom is -0.496 e. The maximum Gasteiger partial charge on any atom is 0.248 e. The molecule has 7 heteroatoms. The zero-order chi connectivity index (χ0) is 30.4. The predicted molar refractivity (Wildman–Crippen MR) is 174 cm³/mol. The van der Waals surface area contributed by atoms with Crippen molar-refractivity contribution in [3.63, 3.8) is 0 Å². The van der Waals surface area contributed by atoms with E-state index in [0.717, 1.165) is 58.2 Å². The Morgan fingerprint density at radius 3 is 2.41 bits per heavy atom. The summed E-state index contributed by atoms with van der Waals surface area (Å²) in [6.45, 7) is 12.5. The fraction of sp³-hybridized carbons (Fsp3) is 0.486. The van der Waals surface area contributed by atoms with Gasteiger partial charge in [-0.3, -0.25) is 14.6 Å². The third kappa shape index (κ3) is 5.50. The summed E-state index contributed by atoms with van der Waals surface area (Å²) in [6.07, 6.45) is 2.51. The molecule has 3 aliphatic heterocycles. The van der Waals surface area contributed by atoms with Gasteiger partial charge in [0.05, 0.1) is 20.3 Å². The van der Waals surface area contributed by atoms with Gasteiger partial charge >= 0.3 is 0 Å². The summed E-state index contributed by atoms with van der Waals surface area (Å²) in [5.74, 6) is 1.57. The van der Waals surface area contributed by atoms with Crippen molar-refractivity contribution in [3.8, 4) is 5.75 Å². The van der Waals surface area contributed by atoms with Crippen LogP contribution in [-0.4, -0.2) is 74.8 Å². The SMILES string of the molecule is COc1cc(CN2CCN(C3CC4(C3)CN(c3ccc(C(N)=O)cc3)C4)[C@H](c3ccccc3C(C)C)C2)ccc1C1COC1. The van der Waals surface area contributed by atoms with Crippen molar-refractivity contribution in [2.75, 3.05) is 57.9 Å². The highest BCUT2D eigenvalue weighted by Gasteiger charge is 2.55. The monoisotopic (exact) mass is 594 g/mol. The summed E-state index contributed by atoms with van der Waals surface area (Å²) in [5.41, 5.74) is 13.2. The number of rotatable bonds is 9. The number of methoxy groups -OCH3 is 1. The topological polar surface area (TPSA) is 71.3 Å². The van der Waals surface area contributed by atoms with Gasteiger partial charge in [0.25, 0.3) is 0 Å². The lowest BCUT2D eigenvalue weighted by Crippen LogP contribution is -2.68. The molecule has 3 aromatic carbocycles. The number of nitrogens with two attached hydrogens (primary N) is 1. The van der Waals surface area contributed by atoms with Gasteiger partial charge in [-0.15, -0.1) is 0 Å². The standard InChI is InChI=1S/C37H46N4O3/c1-25(2)31-6-4-5-7-33(31)34-20-39(19-26-8-13-32(28-21-44-22-28)35(16-26)43-3)14-15-41(34)30-17-37(18-30)23-40(24-37)29-11-9-27(10-12-29)36(38)42/h4-13,16,25,28,30,34H,14-15,17-24H2,1-3H3,(H2,38,42)/t34-/m0/s1. The van der Waals surface area contributed by atoms with Crippen molar-refractivity contribution in [3.05, 3.63) is 94.5 Å². The van der Waals surface area contributed by atoms with Gasteiger partial charge in [0.2, 0.25) is 5.91 Å². The highest BCUT2D eigenvalue weighted by atomic mass is 16.5. The molecule has 1 aliphatic carbocycles.